The zero-order valence-corrected chi connectivity index (χ0v) is 23.4. The van der Waals surface area contributed by atoms with E-state index in [0.29, 0.717) is 36.6 Å². The van der Waals surface area contributed by atoms with Crippen molar-refractivity contribution in [2.75, 3.05) is 6.61 Å². The third-order valence-electron chi connectivity index (χ3n) is 7.13. The lowest BCUT2D eigenvalue weighted by Crippen LogP contribution is -2.37. The van der Waals surface area contributed by atoms with E-state index in [-0.39, 0.29) is 11.6 Å². The molecule has 5 rings (SSSR count). The second-order valence-corrected chi connectivity index (χ2v) is 10.6. The molecule has 41 heavy (non-hydrogen) atoms. The van der Waals surface area contributed by atoms with Gasteiger partial charge in [0.1, 0.15) is 17.3 Å². The number of halogens is 1. The minimum Gasteiger partial charge on any atom is -0.494 e. The number of hydrogen-bond acceptors (Lipinski definition) is 4. The average molecular weight is 557 g/mol. The maximum absolute atomic E-state index is 13.5. The SMILES string of the molecule is CCCOc1ccc2c(C(=O)c3ccc(F)cc3)cn(CCCn3ccc4c(OC(C)(C)C(=O)O)cccc43)c2c1. The number of ether oxygens (including phenoxy) is 2. The highest BCUT2D eigenvalue weighted by molar-refractivity contribution is 6.16. The quantitative estimate of drug-likeness (QED) is 0.166. The Hall–Kier alpha value is -4.59. The fraction of sp³-hybridized carbons (Fsp3) is 0.273. The van der Waals surface area contributed by atoms with E-state index in [9.17, 15) is 19.1 Å². The molecule has 5 aromatic rings. The summed E-state index contributed by atoms with van der Waals surface area (Å²) in [6.07, 6.45) is 5.50. The van der Waals surface area contributed by atoms with E-state index in [0.717, 1.165) is 40.4 Å². The van der Waals surface area contributed by atoms with E-state index in [4.69, 9.17) is 9.47 Å². The van der Waals surface area contributed by atoms with Crippen LogP contribution in [0.4, 0.5) is 4.39 Å². The Morgan fingerprint density at radius 1 is 0.927 bits per heavy atom. The van der Waals surface area contributed by atoms with Gasteiger partial charge in [-0.15, -0.1) is 0 Å². The van der Waals surface area contributed by atoms with Crippen LogP contribution in [0.5, 0.6) is 11.5 Å². The van der Waals surface area contributed by atoms with Crippen LogP contribution in [0.3, 0.4) is 0 Å². The van der Waals surface area contributed by atoms with Gasteiger partial charge in [0.05, 0.1) is 17.6 Å². The zero-order chi connectivity index (χ0) is 29.1. The molecule has 0 aliphatic heterocycles. The van der Waals surface area contributed by atoms with Crippen molar-refractivity contribution in [2.45, 2.75) is 52.3 Å². The summed E-state index contributed by atoms with van der Waals surface area (Å²) < 4.78 is 29.4. The van der Waals surface area contributed by atoms with Crippen LogP contribution in [0.2, 0.25) is 0 Å². The Kier molecular flexibility index (Phi) is 7.83. The second kappa shape index (κ2) is 11.5. The summed E-state index contributed by atoms with van der Waals surface area (Å²) in [5, 5.41) is 11.1. The van der Waals surface area contributed by atoms with Crippen molar-refractivity contribution < 1.29 is 28.6 Å². The van der Waals surface area contributed by atoms with Crippen molar-refractivity contribution in [3.63, 3.8) is 0 Å². The predicted molar refractivity (Wildman–Crippen MR) is 156 cm³/mol. The monoisotopic (exact) mass is 556 g/mol. The molecule has 212 valence electrons. The molecule has 0 saturated heterocycles. The molecule has 2 aromatic heterocycles. The lowest BCUT2D eigenvalue weighted by molar-refractivity contribution is -0.152. The van der Waals surface area contributed by atoms with Gasteiger partial charge in [0.25, 0.3) is 0 Å². The number of aryl methyl sites for hydroxylation is 2. The third-order valence-corrected chi connectivity index (χ3v) is 7.13. The van der Waals surface area contributed by atoms with Gasteiger partial charge in [-0.2, -0.15) is 0 Å². The van der Waals surface area contributed by atoms with Gasteiger partial charge in [-0.25, -0.2) is 9.18 Å². The van der Waals surface area contributed by atoms with Crippen LogP contribution in [0, 0.1) is 5.82 Å². The number of carboxylic acid groups (broad SMARTS) is 1. The van der Waals surface area contributed by atoms with Crippen molar-refractivity contribution in [3.8, 4) is 11.5 Å². The summed E-state index contributed by atoms with van der Waals surface area (Å²) in [6, 6.07) is 18.9. The van der Waals surface area contributed by atoms with Crippen LogP contribution in [0.15, 0.2) is 79.1 Å². The maximum Gasteiger partial charge on any atom is 0.347 e. The number of carbonyl (C=O) groups is 2. The number of ketones is 1. The largest absolute Gasteiger partial charge is 0.494 e. The fourth-order valence-corrected chi connectivity index (χ4v) is 4.91. The van der Waals surface area contributed by atoms with Gasteiger partial charge < -0.3 is 23.7 Å². The van der Waals surface area contributed by atoms with Gasteiger partial charge in [-0.1, -0.05) is 13.0 Å². The summed E-state index contributed by atoms with van der Waals surface area (Å²) in [5.74, 6) is -0.317. The Labute approximate surface area is 237 Å². The van der Waals surface area contributed by atoms with E-state index in [1.54, 1.807) is 6.07 Å². The number of fused-ring (bicyclic) bond motifs is 2. The molecule has 3 aromatic carbocycles. The molecule has 2 heterocycles. The van der Waals surface area contributed by atoms with Crippen LogP contribution >= 0.6 is 0 Å². The molecule has 0 aliphatic carbocycles. The highest BCUT2D eigenvalue weighted by Gasteiger charge is 2.30. The molecule has 8 heteroatoms. The topological polar surface area (TPSA) is 82.7 Å². The van der Waals surface area contributed by atoms with Crippen molar-refractivity contribution in [2.24, 2.45) is 0 Å². The normalized spacial score (nSPS) is 11.7. The van der Waals surface area contributed by atoms with Crippen LogP contribution in [0.1, 0.15) is 49.5 Å². The molecule has 0 fully saturated rings. The molecule has 7 nitrogen and oxygen atoms in total. The number of aromatic nitrogens is 2. The minimum atomic E-state index is -1.35. The first-order valence-corrected chi connectivity index (χ1v) is 13.7. The maximum atomic E-state index is 13.5. The predicted octanol–water partition coefficient (Wildman–Crippen LogP) is 7.09. The van der Waals surface area contributed by atoms with E-state index in [2.05, 4.69) is 9.13 Å². The number of carboxylic acids is 1. The molecule has 0 spiro atoms. The van der Waals surface area contributed by atoms with Crippen molar-refractivity contribution in [1.29, 1.82) is 0 Å². The third kappa shape index (κ3) is 5.82. The van der Waals surface area contributed by atoms with Gasteiger partial charge in [0, 0.05) is 53.4 Å². The van der Waals surface area contributed by atoms with Gasteiger partial charge in [-0.3, -0.25) is 4.79 Å². The van der Waals surface area contributed by atoms with E-state index in [1.807, 2.05) is 55.7 Å². The molecule has 0 amide bonds. The molecule has 0 radical (unpaired) electrons. The van der Waals surface area contributed by atoms with Crippen molar-refractivity contribution in [1.82, 2.24) is 9.13 Å². The van der Waals surface area contributed by atoms with Gasteiger partial charge in [0.2, 0.25) is 0 Å². The molecular weight excluding hydrogens is 523 g/mol. The number of carbonyl (C=O) groups excluding carboxylic acids is 1. The zero-order valence-electron chi connectivity index (χ0n) is 23.4. The molecular formula is C33H33FN2O5. The van der Waals surface area contributed by atoms with Crippen molar-refractivity contribution >= 4 is 33.6 Å². The van der Waals surface area contributed by atoms with Crippen LogP contribution in [0.25, 0.3) is 21.8 Å². The Morgan fingerprint density at radius 3 is 2.41 bits per heavy atom. The van der Waals surface area contributed by atoms with E-state index < -0.39 is 11.6 Å². The second-order valence-electron chi connectivity index (χ2n) is 10.6. The number of rotatable bonds is 12. The molecule has 0 aliphatic rings. The number of nitrogens with zero attached hydrogens (tertiary/aromatic N) is 2. The fourth-order valence-electron chi connectivity index (χ4n) is 4.91. The van der Waals surface area contributed by atoms with Gasteiger partial charge in [0.15, 0.2) is 11.4 Å². The summed E-state index contributed by atoms with van der Waals surface area (Å²) in [4.78, 5) is 25.0. The number of hydrogen-bond donors (Lipinski definition) is 1. The molecule has 0 saturated carbocycles. The highest BCUT2D eigenvalue weighted by atomic mass is 19.1. The van der Waals surface area contributed by atoms with Crippen molar-refractivity contribution in [3.05, 3.63) is 96.1 Å². The highest BCUT2D eigenvalue weighted by Crippen LogP contribution is 2.31. The Morgan fingerprint density at radius 2 is 1.68 bits per heavy atom. The summed E-state index contributed by atoms with van der Waals surface area (Å²) >= 11 is 0. The number of aliphatic carboxylic acids is 1. The van der Waals surface area contributed by atoms with Gasteiger partial charge >= 0.3 is 5.97 Å². The lowest BCUT2D eigenvalue weighted by atomic mass is 10.0. The van der Waals surface area contributed by atoms with Crippen LogP contribution in [-0.2, 0) is 17.9 Å². The average Bonchev–Trinajstić information content (AvgIpc) is 3.54. The summed E-state index contributed by atoms with van der Waals surface area (Å²) in [7, 11) is 0. The first-order valence-electron chi connectivity index (χ1n) is 13.7. The lowest BCUT2D eigenvalue weighted by Gasteiger charge is -2.22. The molecule has 0 atom stereocenters. The number of benzene rings is 3. The standard InChI is InChI=1S/C33H33FN2O5/c1-4-19-40-24-13-14-25-27(31(37)22-9-11-23(34)12-10-22)21-36(29(25)20-24)17-6-16-35-18-15-26-28(35)7-5-8-30(26)41-33(2,3)32(38)39/h5,7-15,18,20-21H,4,6,16-17,19H2,1-3H3,(H,38,39). The molecule has 1 N–H and O–H groups in total. The molecule has 0 bridgehead atoms. The first-order chi connectivity index (χ1) is 19.7. The summed E-state index contributed by atoms with van der Waals surface area (Å²) in [6.45, 7) is 7.05. The van der Waals surface area contributed by atoms with Gasteiger partial charge in [-0.05, 0) is 81.3 Å². The van der Waals surface area contributed by atoms with Crippen LogP contribution < -0.4 is 9.47 Å². The van der Waals surface area contributed by atoms with E-state index in [1.165, 1.54) is 38.1 Å². The minimum absolute atomic E-state index is 0.163. The molecule has 0 unspecified atom stereocenters. The summed E-state index contributed by atoms with van der Waals surface area (Å²) in [5.41, 5.74) is 1.48. The smallest absolute Gasteiger partial charge is 0.347 e. The van der Waals surface area contributed by atoms with E-state index >= 15 is 0 Å². The Balaban J connectivity index is 1.40. The van der Waals surface area contributed by atoms with Crippen LogP contribution in [-0.4, -0.2) is 38.2 Å². The Bertz CT molecular complexity index is 1720. The first kappa shape index (κ1) is 28.0.